The zero-order valence-corrected chi connectivity index (χ0v) is 12.8. The normalized spacial score (nSPS) is 13.9. The number of para-hydroxylation sites is 1. The first-order valence-corrected chi connectivity index (χ1v) is 7.12. The number of carbonyl (C=O) groups excluding carboxylic acids is 1. The third-order valence-corrected chi connectivity index (χ3v) is 3.38. The highest BCUT2D eigenvalue weighted by Gasteiger charge is 2.21. The molecule has 1 aromatic rings. The quantitative estimate of drug-likeness (QED) is 0.805. The Morgan fingerprint density at radius 3 is 2.50 bits per heavy atom. The first-order valence-electron chi connectivity index (χ1n) is 7.12. The van der Waals surface area contributed by atoms with Crippen molar-refractivity contribution in [3.05, 3.63) is 29.8 Å². The maximum Gasteiger partial charge on any atom is 0.224 e. The molecule has 1 aromatic carbocycles. The molecule has 0 saturated carbocycles. The van der Waals surface area contributed by atoms with E-state index in [1.165, 1.54) is 0 Å². The predicted octanol–water partition coefficient (Wildman–Crippen LogP) is 2.49. The van der Waals surface area contributed by atoms with Crippen LogP contribution in [0.2, 0.25) is 0 Å². The van der Waals surface area contributed by atoms with Gasteiger partial charge in [-0.2, -0.15) is 0 Å². The molecule has 4 nitrogen and oxygen atoms in total. The molecule has 0 fully saturated rings. The van der Waals surface area contributed by atoms with Crippen LogP contribution in [-0.2, 0) is 4.79 Å². The van der Waals surface area contributed by atoms with Gasteiger partial charge in [0.05, 0.1) is 19.1 Å². The third-order valence-electron chi connectivity index (χ3n) is 3.38. The molecule has 4 heteroatoms. The second-order valence-corrected chi connectivity index (χ2v) is 5.53. The number of carbonyl (C=O) groups is 1. The number of nitrogens with one attached hydrogen (secondary N) is 1. The van der Waals surface area contributed by atoms with Crippen molar-refractivity contribution in [1.82, 2.24) is 5.32 Å². The van der Waals surface area contributed by atoms with E-state index in [4.69, 9.17) is 10.5 Å². The summed E-state index contributed by atoms with van der Waals surface area (Å²) in [4.78, 5) is 12.3. The fraction of sp³-hybridized carbons (Fsp3) is 0.562. The van der Waals surface area contributed by atoms with E-state index in [9.17, 15) is 4.79 Å². The lowest BCUT2D eigenvalue weighted by atomic mass is 9.95. The van der Waals surface area contributed by atoms with Crippen LogP contribution in [-0.4, -0.2) is 19.6 Å². The number of amides is 1. The van der Waals surface area contributed by atoms with Crippen molar-refractivity contribution >= 4 is 5.91 Å². The number of hydrogen-bond acceptors (Lipinski definition) is 3. The lowest BCUT2D eigenvalue weighted by Gasteiger charge is -2.22. The van der Waals surface area contributed by atoms with Crippen LogP contribution in [0.3, 0.4) is 0 Å². The van der Waals surface area contributed by atoms with Crippen molar-refractivity contribution in [1.29, 1.82) is 0 Å². The van der Waals surface area contributed by atoms with Gasteiger partial charge in [0.1, 0.15) is 5.75 Å². The zero-order valence-electron chi connectivity index (χ0n) is 12.8. The Morgan fingerprint density at radius 2 is 1.95 bits per heavy atom. The molecule has 112 valence electrons. The van der Waals surface area contributed by atoms with Gasteiger partial charge in [-0.3, -0.25) is 4.79 Å². The van der Waals surface area contributed by atoms with Crippen molar-refractivity contribution in [3.63, 3.8) is 0 Å². The first-order chi connectivity index (χ1) is 9.49. The summed E-state index contributed by atoms with van der Waals surface area (Å²) in [6.45, 7) is 6.53. The molecule has 0 spiro atoms. The van der Waals surface area contributed by atoms with E-state index in [0.29, 0.717) is 12.5 Å². The van der Waals surface area contributed by atoms with Crippen molar-refractivity contribution in [3.8, 4) is 5.75 Å². The van der Waals surface area contributed by atoms with Crippen molar-refractivity contribution in [2.24, 2.45) is 17.6 Å². The number of methoxy groups -OCH3 is 1. The van der Waals surface area contributed by atoms with Crippen LogP contribution in [0.4, 0.5) is 0 Å². The average molecular weight is 278 g/mol. The SMILES string of the molecule is COc1ccccc1[C@H](C)NC(=O)C(CN)CC(C)C. The zero-order chi connectivity index (χ0) is 15.1. The van der Waals surface area contributed by atoms with E-state index in [-0.39, 0.29) is 17.9 Å². The Bertz CT molecular complexity index is 432. The van der Waals surface area contributed by atoms with Crippen molar-refractivity contribution in [2.45, 2.75) is 33.2 Å². The molecule has 0 bridgehead atoms. The largest absolute Gasteiger partial charge is 0.496 e. The summed E-state index contributed by atoms with van der Waals surface area (Å²) >= 11 is 0. The fourth-order valence-electron chi connectivity index (χ4n) is 2.31. The highest BCUT2D eigenvalue weighted by atomic mass is 16.5. The molecule has 0 aliphatic carbocycles. The number of ether oxygens (including phenoxy) is 1. The molecule has 0 radical (unpaired) electrons. The van der Waals surface area contributed by atoms with Crippen LogP contribution < -0.4 is 15.8 Å². The van der Waals surface area contributed by atoms with E-state index >= 15 is 0 Å². The van der Waals surface area contributed by atoms with Gasteiger partial charge >= 0.3 is 0 Å². The summed E-state index contributed by atoms with van der Waals surface area (Å²) in [6, 6.07) is 7.61. The molecule has 1 unspecified atom stereocenters. The summed E-state index contributed by atoms with van der Waals surface area (Å²) in [5.74, 6) is 1.12. The predicted molar refractivity (Wildman–Crippen MR) is 81.6 cm³/mol. The molecule has 0 heterocycles. The Balaban J connectivity index is 2.73. The summed E-state index contributed by atoms with van der Waals surface area (Å²) in [6.07, 6.45) is 0.807. The molecule has 1 amide bonds. The number of rotatable bonds is 7. The molecular weight excluding hydrogens is 252 g/mol. The Labute approximate surface area is 121 Å². The summed E-state index contributed by atoms with van der Waals surface area (Å²) in [7, 11) is 1.63. The van der Waals surface area contributed by atoms with Gasteiger partial charge < -0.3 is 15.8 Å². The van der Waals surface area contributed by atoms with Gasteiger partial charge in [0.2, 0.25) is 5.91 Å². The summed E-state index contributed by atoms with van der Waals surface area (Å²) in [5, 5.41) is 3.03. The lowest BCUT2D eigenvalue weighted by Crippen LogP contribution is -2.37. The van der Waals surface area contributed by atoms with Gasteiger partial charge in [0.25, 0.3) is 0 Å². The van der Waals surface area contributed by atoms with E-state index in [0.717, 1.165) is 17.7 Å². The summed E-state index contributed by atoms with van der Waals surface area (Å²) in [5.41, 5.74) is 6.68. The molecule has 0 aliphatic heterocycles. The Hall–Kier alpha value is -1.55. The van der Waals surface area contributed by atoms with Gasteiger partial charge in [-0.15, -0.1) is 0 Å². The van der Waals surface area contributed by atoms with E-state index in [1.54, 1.807) is 7.11 Å². The van der Waals surface area contributed by atoms with Crippen LogP contribution in [0.15, 0.2) is 24.3 Å². The third kappa shape index (κ3) is 4.53. The molecule has 20 heavy (non-hydrogen) atoms. The summed E-state index contributed by atoms with van der Waals surface area (Å²) < 4.78 is 5.32. The van der Waals surface area contributed by atoms with Gasteiger partial charge in [0, 0.05) is 12.1 Å². The highest BCUT2D eigenvalue weighted by Crippen LogP contribution is 2.24. The Morgan fingerprint density at radius 1 is 1.30 bits per heavy atom. The first kappa shape index (κ1) is 16.5. The van der Waals surface area contributed by atoms with Gasteiger partial charge in [-0.25, -0.2) is 0 Å². The van der Waals surface area contributed by atoms with Gasteiger partial charge in [-0.05, 0) is 25.3 Å². The number of nitrogens with two attached hydrogens (primary N) is 1. The van der Waals surface area contributed by atoms with Crippen LogP contribution in [0.1, 0.15) is 38.8 Å². The van der Waals surface area contributed by atoms with Crippen molar-refractivity contribution < 1.29 is 9.53 Å². The van der Waals surface area contributed by atoms with E-state index < -0.39 is 0 Å². The van der Waals surface area contributed by atoms with Crippen molar-refractivity contribution in [2.75, 3.05) is 13.7 Å². The minimum atomic E-state index is -0.132. The molecule has 0 aromatic heterocycles. The number of hydrogen-bond donors (Lipinski definition) is 2. The molecule has 0 saturated heterocycles. The van der Waals surface area contributed by atoms with Gasteiger partial charge in [-0.1, -0.05) is 32.0 Å². The van der Waals surface area contributed by atoms with E-state index in [2.05, 4.69) is 19.2 Å². The van der Waals surface area contributed by atoms with E-state index in [1.807, 2.05) is 31.2 Å². The lowest BCUT2D eigenvalue weighted by molar-refractivity contribution is -0.125. The molecule has 0 aliphatic rings. The monoisotopic (exact) mass is 278 g/mol. The fourth-order valence-corrected chi connectivity index (χ4v) is 2.31. The minimum absolute atomic E-state index is 0.0135. The topological polar surface area (TPSA) is 64.3 Å². The Kier molecular flexibility index (Phi) is 6.52. The van der Waals surface area contributed by atoms with Gasteiger partial charge in [0.15, 0.2) is 0 Å². The molecule has 2 atom stereocenters. The van der Waals surface area contributed by atoms with Crippen LogP contribution in [0.25, 0.3) is 0 Å². The second-order valence-electron chi connectivity index (χ2n) is 5.53. The maximum absolute atomic E-state index is 12.3. The maximum atomic E-state index is 12.3. The molecule has 3 N–H and O–H groups in total. The van der Waals surface area contributed by atoms with Crippen LogP contribution in [0, 0.1) is 11.8 Å². The second kappa shape index (κ2) is 7.90. The molecule has 1 rings (SSSR count). The molecular formula is C16H26N2O2. The average Bonchev–Trinajstić information content (AvgIpc) is 2.44. The van der Waals surface area contributed by atoms with Crippen LogP contribution in [0.5, 0.6) is 5.75 Å². The minimum Gasteiger partial charge on any atom is -0.496 e. The smallest absolute Gasteiger partial charge is 0.224 e. The van der Waals surface area contributed by atoms with Crippen LogP contribution >= 0.6 is 0 Å². The highest BCUT2D eigenvalue weighted by molar-refractivity contribution is 5.79. The number of benzene rings is 1. The standard InChI is InChI=1S/C16H26N2O2/c1-11(2)9-13(10-17)16(19)18-12(3)14-7-5-6-8-15(14)20-4/h5-8,11-13H,9-10,17H2,1-4H3,(H,18,19)/t12-,13?/m0/s1.